The van der Waals surface area contributed by atoms with Gasteiger partial charge in [0.05, 0.1) is 5.41 Å². The molecular formula is C70H43N3O2. The Hall–Kier alpha value is -9.97. The summed E-state index contributed by atoms with van der Waals surface area (Å²) in [5, 5.41) is 4.05. The molecule has 11 aromatic carbocycles. The Morgan fingerprint density at radius 1 is 0.253 bits per heavy atom. The van der Waals surface area contributed by atoms with Crippen LogP contribution in [0.5, 0.6) is 0 Å². The van der Waals surface area contributed by atoms with Gasteiger partial charge in [0.25, 0.3) is 0 Å². The zero-order valence-electron chi connectivity index (χ0n) is 40.5. The van der Waals surface area contributed by atoms with Crippen LogP contribution in [0.2, 0.25) is 0 Å². The molecule has 0 aliphatic heterocycles. The molecule has 5 nitrogen and oxygen atoms in total. The maximum absolute atomic E-state index is 6.60. The summed E-state index contributed by atoms with van der Waals surface area (Å²) in [4.78, 5) is 15.6. The number of hydrogen-bond donors (Lipinski definition) is 0. The lowest BCUT2D eigenvalue weighted by Gasteiger charge is -2.34. The number of furan rings is 2. The Morgan fingerprint density at radius 2 is 0.733 bits per heavy atom. The van der Waals surface area contributed by atoms with Crippen LogP contribution in [0.3, 0.4) is 0 Å². The normalized spacial score (nSPS) is 12.6. The Morgan fingerprint density at radius 3 is 1.48 bits per heavy atom. The van der Waals surface area contributed by atoms with Crippen LogP contribution in [0.1, 0.15) is 22.3 Å². The fraction of sp³-hybridized carbons (Fsp3) is 0.0143. The van der Waals surface area contributed by atoms with Crippen LogP contribution < -0.4 is 0 Å². The van der Waals surface area contributed by atoms with Gasteiger partial charge in [-0.05, 0) is 109 Å². The van der Waals surface area contributed by atoms with Crippen LogP contribution >= 0.6 is 0 Å². The summed E-state index contributed by atoms with van der Waals surface area (Å²) in [7, 11) is 0. The summed E-state index contributed by atoms with van der Waals surface area (Å²) in [5.74, 6) is 1.67. The molecule has 15 rings (SSSR count). The van der Waals surface area contributed by atoms with Gasteiger partial charge in [-0.1, -0.05) is 218 Å². The second kappa shape index (κ2) is 17.1. The highest BCUT2D eigenvalue weighted by Gasteiger charge is 2.46. The quantitative estimate of drug-likeness (QED) is 0.152. The molecule has 1 aliphatic carbocycles. The average Bonchev–Trinajstić information content (AvgIpc) is 4.15. The van der Waals surface area contributed by atoms with Crippen LogP contribution in [-0.4, -0.2) is 15.0 Å². The molecule has 0 amide bonds. The van der Waals surface area contributed by atoms with Gasteiger partial charge >= 0.3 is 0 Å². The second-order valence-electron chi connectivity index (χ2n) is 19.4. The lowest BCUT2D eigenvalue weighted by molar-refractivity contribution is 0.668. The van der Waals surface area contributed by atoms with E-state index in [9.17, 15) is 0 Å². The molecule has 0 saturated heterocycles. The van der Waals surface area contributed by atoms with Gasteiger partial charge in [0.2, 0.25) is 0 Å². The molecule has 5 heteroatoms. The number of nitrogens with zero attached hydrogens (tertiary/aromatic N) is 3. The van der Waals surface area contributed by atoms with Crippen molar-refractivity contribution in [2.24, 2.45) is 0 Å². The number of fused-ring (bicyclic) bond motifs is 9. The number of hydrogen-bond acceptors (Lipinski definition) is 5. The van der Waals surface area contributed by atoms with E-state index in [1.807, 2.05) is 42.5 Å². The van der Waals surface area contributed by atoms with E-state index < -0.39 is 5.41 Å². The standard InChI is InChI=1S/C70H43N3O2/c1-4-15-44(16-5-1)45-31-33-48(34-32-45)67-71-68(51-36-39-57-56-22-11-13-25-62(56)75-65(57)43-51)73-69(72-67)58-23-14-26-64-66(58)59-41-49(37-40-63(59)74-64)46-27-29-47(30-28-46)50-35-38-55-54-21-10-12-24-60(54)70(61(55)42-50,52-17-6-2-7-18-52)53-19-8-3-9-20-53/h1-43H. The highest BCUT2D eigenvalue weighted by Crippen LogP contribution is 2.57. The highest BCUT2D eigenvalue weighted by molar-refractivity contribution is 6.13. The maximum atomic E-state index is 6.60. The van der Waals surface area contributed by atoms with Crippen molar-refractivity contribution in [1.29, 1.82) is 0 Å². The summed E-state index contributed by atoms with van der Waals surface area (Å²) in [6, 6.07) is 92.6. The van der Waals surface area contributed by atoms with Gasteiger partial charge in [-0.25, -0.2) is 15.0 Å². The zero-order valence-corrected chi connectivity index (χ0v) is 40.5. The predicted molar refractivity (Wildman–Crippen MR) is 304 cm³/mol. The molecule has 0 saturated carbocycles. The van der Waals surface area contributed by atoms with Gasteiger partial charge in [0.1, 0.15) is 22.3 Å². The van der Waals surface area contributed by atoms with Crippen molar-refractivity contribution in [3.63, 3.8) is 0 Å². The molecule has 0 unspecified atom stereocenters. The summed E-state index contributed by atoms with van der Waals surface area (Å²) in [6.07, 6.45) is 0. The first kappa shape index (κ1) is 42.7. The molecular weight excluding hydrogens is 915 g/mol. The van der Waals surface area contributed by atoms with Crippen molar-refractivity contribution in [3.8, 4) is 78.7 Å². The van der Waals surface area contributed by atoms with Crippen molar-refractivity contribution in [1.82, 2.24) is 15.0 Å². The van der Waals surface area contributed by atoms with Gasteiger partial charge in [0.15, 0.2) is 17.5 Å². The first-order valence-corrected chi connectivity index (χ1v) is 25.4. The lowest BCUT2D eigenvalue weighted by atomic mass is 9.67. The smallest absolute Gasteiger partial charge is 0.164 e. The Balaban J connectivity index is 0.829. The predicted octanol–water partition coefficient (Wildman–Crippen LogP) is 18.0. The van der Waals surface area contributed by atoms with E-state index in [-0.39, 0.29) is 0 Å². The van der Waals surface area contributed by atoms with E-state index in [1.54, 1.807) is 0 Å². The molecule has 1 aliphatic rings. The van der Waals surface area contributed by atoms with E-state index in [0.29, 0.717) is 17.5 Å². The minimum atomic E-state index is -0.464. The SMILES string of the molecule is c1ccc(-c2ccc(-c3nc(-c4ccc5c(c4)oc4ccccc45)nc(-c4cccc5oc6ccc(-c7ccc(-c8ccc9c(c8)C(c8ccccc8)(c8ccccc8)c8ccccc8-9)cc7)cc6c45)n3)cc2)cc1. The topological polar surface area (TPSA) is 65.0 Å². The van der Waals surface area contributed by atoms with Gasteiger partial charge in [-0.15, -0.1) is 0 Å². The Kier molecular flexibility index (Phi) is 9.72. The van der Waals surface area contributed by atoms with Crippen molar-refractivity contribution in [3.05, 3.63) is 283 Å². The van der Waals surface area contributed by atoms with Crippen molar-refractivity contribution in [2.45, 2.75) is 5.41 Å². The molecule has 0 spiro atoms. The van der Waals surface area contributed by atoms with Crippen LogP contribution in [0.15, 0.2) is 270 Å². The van der Waals surface area contributed by atoms with Crippen molar-refractivity contribution >= 4 is 43.9 Å². The molecule has 0 fully saturated rings. The molecule has 0 N–H and O–H groups in total. The monoisotopic (exact) mass is 957 g/mol. The van der Waals surface area contributed by atoms with Crippen LogP contribution in [0.25, 0.3) is 123 Å². The summed E-state index contributed by atoms with van der Waals surface area (Å²) in [6.45, 7) is 0. The molecule has 3 aromatic heterocycles. The molecule has 14 aromatic rings. The van der Waals surface area contributed by atoms with Gasteiger partial charge < -0.3 is 8.83 Å². The third kappa shape index (κ3) is 6.89. The Labute approximate surface area is 432 Å². The third-order valence-electron chi connectivity index (χ3n) is 15.3. The number of aromatic nitrogens is 3. The number of para-hydroxylation sites is 1. The molecule has 0 atom stereocenters. The summed E-state index contributed by atoms with van der Waals surface area (Å²) in [5.41, 5.74) is 19.7. The fourth-order valence-electron chi connectivity index (χ4n) is 11.7. The summed E-state index contributed by atoms with van der Waals surface area (Å²) >= 11 is 0. The van der Waals surface area contributed by atoms with Crippen LogP contribution in [0, 0.1) is 0 Å². The van der Waals surface area contributed by atoms with E-state index in [4.69, 9.17) is 23.8 Å². The van der Waals surface area contributed by atoms with E-state index >= 15 is 0 Å². The van der Waals surface area contributed by atoms with E-state index in [0.717, 1.165) is 88.4 Å². The first-order chi connectivity index (χ1) is 37.1. The Bertz CT molecular complexity index is 4460. The second-order valence-corrected chi connectivity index (χ2v) is 19.4. The van der Waals surface area contributed by atoms with Crippen LogP contribution in [0.4, 0.5) is 0 Å². The molecule has 75 heavy (non-hydrogen) atoms. The van der Waals surface area contributed by atoms with E-state index in [2.05, 4.69) is 218 Å². The van der Waals surface area contributed by atoms with E-state index in [1.165, 1.54) is 38.9 Å². The van der Waals surface area contributed by atoms with Gasteiger partial charge in [-0.2, -0.15) is 0 Å². The zero-order chi connectivity index (χ0) is 49.5. The molecule has 0 radical (unpaired) electrons. The minimum Gasteiger partial charge on any atom is -0.456 e. The van der Waals surface area contributed by atoms with Gasteiger partial charge in [-0.3, -0.25) is 0 Å². The molecule has 350 valence electrons. The van der Waals surface area contributed by atoms with Gasteiger partial charge in [0, 0.05) is 38.2 Å². The van der Waals surface area contributed by atoms with Crippen molar-refractivity contribution in [2.75, 3.05) is 0 Å². The number of rotatable bonds is 8. The highest BCUT2D eigenvalue weighted by atomic mass is 16.3. The minimum absolute atomic E-state index is 0.464. The van der Waals surface area contributed by atoms with Crippen LogP contribution in [-0.2, 0) is 5.41 Å². The van der Waals surface area contributed by atoms with Crippen molar-refractivity contribution < 1.29 is 8.83 Å². The maximum Gasteiger partial charge on any atom is 0.164 e. The number of benzene rings is 11. The molecule has 3 heterocycles. The lowest BCUT2D eigenvalue weighted by Crippen LogP contribution is -2.28. The average molecular weight is 958 g/mol. The largest absolute Gasteiger partial charge is 0.456 e. The fourth-order valence-corrected chi connectivity index (χ4v) is 11.7. The first-order valence-electron chi connectivity index (χ1n) is 25.4. The molecule has 0 bridgehead atoms. The summed E-state index contributed by atoms with van der Waals surface area (Å²) < 4.78 is 13.0. The third-order valence-corrected chi connectivity index (χ3v) is 15.3.